The molecule has 1 aliphatic heterocycles. The topological polar surface area (TPSA) is 24.5 Å². The van der Waals surface area contributed by atoms with Crippen LogP contribution in [-0.4, -0.2) is 31.1 Å². The molecule has 2 aromatic rings. The molecule has 0 spiro atoms. The predicted molar refractivity (Wildman–Crippen MR) is 109 cm³/mol. The van der Waals surface area contributed by atoms with Crippen LogP contribution in [0.25, 0.3) is 0 Å². The lowest BCUT2D eigenvalue weighted by molar-refractivity contribution is 0.109. The third kappa shape index (κ3) is 4.66. The first-order valence-electron chi connectivity index (χ1n) is 9.97. The van der Waals surface area contributed by atoms with Crippen molar-refractivity contribution in [1.82, 2.24) is 10.2 Å². The largest absolute Gasteiger partial charge is 0.496 e. The van der Waals surface area contributed by atoms with Crippen LogP contribution in [-0.2, 0) is 6.54 Å². The van der Waals surface area contributed by atoms with Crippen molar-refractivity contribution >= 4 is 0 Å². The van der Waals surface area contributed by atoms with E-state index in [0.29, 0.717) is 12.1 Å². The van der Waals surface area contributed by atoms with Gasteiger partial charge in [0.05, 0.1) is 13.2 Å². The first kappa shape index (κ1) is 18.9. The van der Waals surface area contributed by atoms with Crippen molar-refractivity contribution in [2.45, 2.75) is 51.2 Å². The van der Waals surface area contributed by atoms with Gasteiger partial charge in [-0.1, -0.05) is 61.9 Å². The summed E-state index contributed by atoms with van der Waals surface area (Å²) in [7, 11) is 1.75. The maximum absolute atomic E-state index is 5.52. The Morgan fingerprint density at radius 1 is 1.08 bits per heavy atom. The fourth-order valence-corrected chi connectivity index (χ4v) is 4.07. The lowest BCUT2D eigenvalue weighted by Gasteiger charge is -2.42. The van der Waals surface area contributed by atoms with E-state index in [1.165, 1.54) is 49.9 Å². The Balaban J connectivity index is 1.76. The molecule has 3 nitrogen and oxygen atoms in total. The quantitative estimate of drug-likeness (QED) is 0.739. The lowest BCUT2D eigenvalue weighted by atomic mass is 9.89. The van der Waals surface area contributed by atoms with E-state index >= 15 is 0 Å². The van der Waals surface area contributed by atoms with Crippen LogP contribution in [0.15, 0.2) is 54.6 Å². The van der Waals surface area contributed by atoms with E-state index in [0.717, 1.165) is 12.3 Å². The zero-order valence-electron chi connectivity index (χ0n) is 16.2. The second-order valence-corrected chi connectivity index (χ2v) is 7.19. The van der Waals surface area contributed by atoms with E-state index < -0.39 is 0 Å². The highest BCUT2D eigenvalue weighted by Gasteiger charge is 2.31. The van der Waals surface area contributed by atoms with Crippen molar-refractivity contribution in [3.8, 4) is 5.75 Å². The molecule has 3 rings (SSSR count). The zero-order chi connectivity index (χ0) is 18.2. The summed E-state index contributed by atoms with van der Waals surface area (Å²) in [5.41, 5.74) is 2.66. The van der Waals surface area contributed by atoms with E-state index in [4.69, 9.17) is 4.74 Å². The van der Waals surface area contributed by atoms with Crippen LogP contribution in [0, 0.1) is 0 Å². The molecule has 0 unspecified atom stereocenters. The molecular formula is C23H32N2O. The number of nitrogens with one attached hydrogen (secondary N) is 1. The summed E-state index contributed by atoms with van der Waals surface area (Å²) < 4.78 is 5.52. The van der Waals surface area contributed by atoms with Crippen LogP contribution in [0.2, 0.25) is 0 Å². The van der Waals surface area contributed by atoms with Crippen LogP contribution in [0.5, 0.6) is 5.75 Å². The Bertz CT molecular complexity index is 658. The summed E-state index contributed by atoms with van der Waals surface area (Å²) in [6, 6.07) is 20.2. The highest BCUT2D eigenvalue weighted by Crippen LogP contribution is 2.32. The maximum Gasteiger partial charge on any atom is 0.123 e. The number of ether oxygens (including phenoxy) is 1. The average Bonchev–Trinajstić information content (AvgIpc) is 2.71. The number of piperidine rings is 1. The van der Waals surface area contributed by atoms with E-state index in [1.807, 2.05) is 12.1 Å². The SMILES string of the molecule is CCCCN1CCC[C@@H](NCc2ccccc2OC)[C@H]1c1ccccc1. The molecule has 26 heavy (non-hydrogen) atoms. The van der Waals surface area contributed by atoms with Crippen LogP contribution < -0.4 is 10.1 Å². The van der Waals surface area contributed by atoms with Crippen LogP contribution in [0.4, 0.5) is 0 Å². The van der Waals surface area contributed by atoms with Gasteiger partial charge in [-0.3, -0.25) is 4.90 Å². The normalized spacial score (nSPS) is 20.8. The van der Waals surface area contributed by atoms with Gasteiger partial charge in [0.15, 0.2) is 0 Å². The first-order chi connectivity index (χ1) is 12.8. The third-order valence-corrected chi connectivity index (χ3v) is 5.42. The van der Waals surface area contributed by atoms with Gasteiger partial charge in [0.1, 0.15) is 5.75 Å². The van der Waals surface area contributed by atoms with E-state index in [-0.39, 0.29) is 0 Å². The molecule has 1 N–H and O–H groups in total. The standard InChI is InChI=1S/C23H32N2O/c1-3-4-16-25-17-10-14-21(23(25)19-11-6-5-7-12-19)24-18-20-13-8-9-15-22(20)26-2/h5-9,11-13,15,21,23-24H,3-4,10,14,16-18H2,1-2H3/t21-,23-/m1/s1. The fraction of sp³-hybridized carbons (Fsp3) is 0.478. The zero-order valence-corrected chi connectivity index (χ0v) is 16.2. The molecule has 0 saturated carbocycles. The lowest BCUT2D eigenvalue weighted by Crippen LogP contribution is -2.48. The molecule has 1 saturated heterocycles. The molecule has 1 aliphatic rings. The first-order valence-corrected chi connectivity index (χ1v) is 9.97. The van der Waals surface area contributed by atoms with Crippen LogP contribution >= 0.6 is 0 Å². The molecule has 3 heteroatoms. The average molecular weight is 353 g/mol. The monoisotopic (exact) mass is 352 g/mol. The minimum Gasteiger partial charge on any atom is -0.496 e. The van der Waals surface area contributed by atoms with Crippen LogP contribution in [0.1, 0.15) is 49.8 Å². The minimum atomic E-state index is 0.450. The number of methoxy groups -OCH3 is 1. The molecule has 2 atom stereocenters. The summed E-state index contributed by atoms with van der Waals surface area (Å²) in [5.74, 6) is 0.968. The number of para-hydroxylation sites is 1. The Morgan fingerprint density at radius 3 is 2.62 bits per heavy atom. The summed E-state index contributed by atoms with van der Waals surface area (Å²) in [4.78, 5) is 2.68. The number of unbranched alkanes of at least 4 members (excludes halogenated alkanes) is 1. The molecule has 0 bridgehead atoms. The molecule has 0 amide bonds. The molecule has 2 aromatic carbocycles. The molecular weight excluding hydrogens is 320 g/mol. The molecule has 1 heterocycles. The van der Waals surface area contributed by atoms with Crippen molar-refractivity contribution in [3.63, 3.8) is 0 Å². The molecule has 1 fully saturated rings. The molecule has 0 aromatic heterocycles. The summed E-state index contributed by atoms with van der Waals surface area (Å²) in [5, 5.41) is 3.85. The van der Waals surface area contributed by atoms with Crippen molar-refractivity contribution in [2.75, 3.05) is 20.2 Å². The van der Waals surface area contributed by atoms with E-state index in [2.05, 4.69) is 59.6 Å². The fourth-order valence-electron chi connectivity index (χ4n) is 4.07. The van der Waals surface area contributed by atoms with Crippen LogP contribution in [0.3, 0.4) is 0 Å². The van der Waals surface area contributed by atoms with Gasteiger partial charge in [0.25, 0.3) is 0 Å². The third-order valence-electron chi connectivity index (χ3n) is 5.42. The number of benzene rings is 2. The molecule has 0 aliphatic carbocycles. The number of likely N-dealkylation sites (tertiary alicyclic amines) is 1. The number of hydrogen-bond donors (Lipinski definition) is 1. The van der Waals surface area contributed by atoms with Crippen molar-refractivity contribution in [3.05, 3.63) is 65.7 Å². The predicted octanol–water partition coefficient (Wildman–Crippen LogP) is 4.79. The van der Waals surface area contributed by atoms with Gasteiger partial charge in [0.2, 0.25) is 0 Å². The number of nitrogens with zero attached hydrogens (tertiary/aromatic N) is 1. The second kappa shape index (κ2) is 9.75. The van der Waals surface area contributed by atoms with E-state index in [1.54, 1.807) is 7.11 Å². The van der Waals surface area contributed by atoms with Crippen molar-refractivity contribution in [2.24, 2.45) is 0 Å². The van der Waals surface area contributed by atoms with Gasteiger partial charge in [0, 0.05) is 18.2 Å². The Kier molecular flexibility index (Phi) is 7.10. The highest BCUT2D eigenvalue weighted by molar-refractivity contribution is 5.33. The van der Waals surface area contributed by atoms with Gasteiger partial charge >= 0.3 is 0 Å². The number of hydrogen-bond acceptors (Lipinski definition) is 3. The van der Waals surface area contributed by atoms with Gasteiger partial charge in [-0.2, -0.15) is 0 Å². The summed E-state index contributed by atoms with van der Waals surface area (Å²) >= 11 is 0. The van der Waals surface area contributed by atoms with Gasteiger partial charge in [-0.05, 0) is 44.0 Å². The van der Waals surface area contributed by atoms with Crippen molar-refractivity contribution in [1.29, 1.82) is 0 Å². The van der Waals surface area contributed by atoms with Gasteiger partial charge in [-0.15, -0.1) is 0 Å². The number of rotatable bonds is 8. The molecule has 0 radical (unpaired) electrons. The van der Waals surface area contributed by atoms with Gasteiger partial charge in [-0.25, -0.2) is 0 Å². The Labute approximate surface area is 158 Å². The van der Waals surface area contributed by atoms with Gasteiger partial charge < -0.3 is 10.1 Å². The van der Waals surface area contributed by atoms with Crippen molar-refractivity contribution < 1.29 is 4.74 Å². The summed E-state index contributed by atoms with van der Waals surface area (Å²) in [6.07, 6.45) is 4.99. The maximum atomic E-state index is 5.52. The highest BCUT2D eigenvalue weighted by atomic mass is 16.5. The Morgan fingerprint density at radius 2 is 1.85 bits per heavy atom. The second-order valence-electron chi connectivity index (χ2n) is 7.19. The minimum absolute atomic E-state index is 0.450. The van der Waals surface area contributed by atoms with E-state index in [9.17, 15) is 0 Å². The molecule has 140 valence electrons. The smallest absolute Gasteiger partial charge is 0.123 e. The Hall–Kier alpha value is -1.84. The summed E-state index contributed by atoms with van der Waals surface area (Å²) in [6.45, 7) is 5.51.